The lowest BCUT2D eigenvalue weighted by Gasteiger charge is -2.47. The molecule has 1 aliphatic rings. The van der Waals surface area contributed by atoms with Crippen molar-refractivity contribution in [3.05, 3.63) is 64.5 Å². The highest BCUT2D eigenvalue weighted by molar-refractivity contribution is 5.86. The fraction of sp³-hybridized carbons (Fsp3) is 0.516. The molecular weight excluding hydrogens is 529 g/mol. The SMILES string of the molecule is CNC(=O)C(O)(CCC=O)N(C=O)Cc1c(C)cccc1OCc1cccc(CN2CC(C)(C)OC(C)(C)C2)c1F. The zero-order chi connectivity index (χ0) is 30.4. The number of aryl methyl sites for hydroxylation is 1. The Morgan fingerprint density at radius 2 is 1.78 bits per heavy atom. The largest absolute Gasteiger partial charge is 0.488 e. The molecule has 2 amide bonds. The first-order valence-electron chi connectivity index (χ1n) is 13.8. The molecule has 0 bridgehead atoms. The summed E-state index contributed by atoms with van der Waals surface area (Å²) in [5.41, 5.74) is -0.720. The van der Waals surface area contributed by atoms with E-state index < -0.39 is 11.6 Å². The highest BCUT2D eigenvalue weighted by atomic mass is 19.1. The van der Waals surface area contributed by atoms with Crippen LogP contribution in [0.3, 0.4) is 0 Å². The van der Waals surface area contributed by atoms with Crippen molar-refractivity contribution < 1.29 is 33.4 Å². The van der Waals surface area contributed by atoms with Crippen LogP contribution in [0, 0.1) is 12.7 Å². The molecule has 1 heterocycles. The van der Waals surface area contributed by atoms with E-state index in [1.807, 2.05) is 40.7 Å². The van der Waals surface area contributed by atoms with Crippen molar-refractivity contribution in [2.75, 3.05) is 20.1 Å². The molecular formula is C31H42FN3O6. The molecule has 2 N–H and O–H groups in total. The van der Waals surface area contributed by atoms with E-state index in [-0.39, 0.29) is 43.0 Å². The summed E-state index contributed by atoms with van der Waals surface area (Å²) in [6.07, 6.45) is 0.545. The molecule has 224 valence electrons. The molecule has 10 heteroatoms. The number of hydrogen-bond donors (Lipinski definition) is 2. The van der Waals surface area contributed by atoms with E-state index in [4.69, 9.17) is 9.47 Å². The van der Waals surface area contributed by atoms with Crippen molar-refractivity contribution in [2.24, 2.45) is 0 Å². The molecule has 0 aliphatic carbocycles. The summed E-state index contributed by atoms with van der Waals surface area (Å²) in [5.74, 6) is -0.775. The van der Waals surface area contributed by atoms with Crippen LogP contribution < -0.4 is 10.1 Å². The van der Waals surface area contributed by atoms with E-state index in [0.29, 0.717) is 54.8 Å². The Kier molecular flexibility index (Phi) is 10.3. The number of carbonyl (C=O) groups excluding carboxylic acids is 3. The second-order valence-corrected chi connectivity index (χ2v) is 11.8. The highest BCUT2D eigenvalue weighted by Crippen LogP contribution is 2.31. The molecule has 41 heavy (non-hydrogen) atoms. The molecule has 1 fully saturated rings. The number of aliphatic hydroxyl groups is 1. The van der Waals surface area contributed by atoms with Crippen LogP contribution in [0.1, 0.15) is 62.8 Å². The second-order valence-electron chi connectivity index (χ2n) is 11.8. The molecule has 1 saturated heterocycles. The van der Waals surface area contributed by atoms with E-state index in [1.54, 1.807) is 30.3 Å². The van der Waals surface area contributed by atoms with Crippen LogP contribution >= 0.6 is 0 Å². The zero-order valence-electron chi connectivity index (χ0n) is 24.8. The van der Waals surface area contributed by atoms with E-state index in [2.05, 4.69) is 10.2 Å². The van der Waals surface area contributed by atoms with Gasteiger partial charge >= 0.3 is 0 Å². The van der Waals surface area contributed by atoms with Gasteiger partial charge in [-0.05, 0) is 46.2 Å². The third kappa shape index (κ3) is 7.90. The van der Waals surface area contributed by atoms with Crippen molar-refractivity contribution in [3.8, 4) is 5.75 Å². The number of halogens is 1. The van der Waals surface area contributed by atoms with Crippen LogP contribution in [0.5, 0.6) is 5.75 Å². The van der Waals surface area contributed by atoms with Crippen LogP contribution in [-0.2, 0) is 38.8 Å². The lowest BCUT2D eigenvalue weighted by atomic mass is 9.98. The zero-order valence-corrected chi connectivity index (χ0v) is 24.8. The minimum Gasteiger partial charge on any atom is -0.488 e. The molecule has 0 saturated carbocycles. The number of ether oxygens (including phenoxy) is 2. The summed E-state index contributed by atoms with van der Waals surface area (Å²) in [6, 6.07) is 10.5. The molecule has 1 atom stereocenters. The molecule has 0 spiro atoms. The Morgan fingerprint density at radius 3 is 2.39 bits per heavy atom. The molecule has 2 aromatic carbocycles. The van der Waals surface area contributed by atoms with Crippen LogP contribution in [0.15, 0.2) is 36.4 Å². The number of hydrogen-bond acceptors (Lipinski definition) is 7. The summed E-state index contributed by atoms with van der Waals surface area (Å²) in [4.78, 5) is 38.7. The van der Waals surface area contributed by atoms with Gasteiger partial charge in [-0.3, -0.25) is 14.5 Å². The smallest absolute Gasteiger partial charge is 0.273 e. The fourth-order valence-corrected chi connectivity index (χ4v) is 5.61. The third-order valence-corrected chi connectivity index (χ3v) is 7.20. The van der Waals surface area contributed by atoms with Gasteiger partial charge in [-0.1, -0.05) is 30.3 Å². The molecule has 2 aromatic rings. The molecule has 1 unspecified atom stereocenters. The number of nitrogens with one attached hydrogen (secondary N) is 1. The van der Waals surface area contributed by atoms with Gasteiger partial charge in [-0.15, -0.1) is 0 Å². The number of carbonyl (C=O) groups is 3. The Bertz CT molecular complexity index is 1230. The number of nitrogens with zero attached hydrogens (tertiary/aromatic N) is 2. The normalized spacial score (nSPS) is 17.8. The Hall–Kier alpha value is -3.34. The van der Waals surface area contributed by atoms with Crippen LogP contribution in [0.25, 0.3) is 0 Å². The van der Waals surface area contributed by atoms with Crippen LogP contribution in [-0.4, -0.2) is 70.6 Å². The van der Waals surface area contributed by atoms with Crippen molar-refractivity contribution >= 4 is 18.6 Å². The maximum absolute atomic E-state index is 15.7. The predicted molar refractivity (Wildman–Crippen MR) is 152 cm³/mol. The number of likely N-dealkylation sites (N-methyl/N-ethyl adjacent to an activating group) is 1. The first-order chi connectivity index (χ1) is 19.2. The number of morpholine rings is 1. The van der Waals surface area contributed by atoms with Gasteiger partial charge in [0.05, 0.1) is 17.7 Å². The van der Waals surface area contributed by atoms with Gasteiger partial charge in [-0.2, -0.15) is 0 Å². The van der Waals surface area contributed by atoms with E-state index in [1.165, 1.54) is 7.05 Å². The van der Waals surface area contributed by atoms with Gasteiger partial charge in [0.25, 0.3) is 5.91 Å². The van der Waals surface area contributed by atoms with Crippen LogP contribution in [0.4, 0.5) is 4.39 Å². The maximum Gasteiger partial charge on any atom is 0.273 e. The predicted octanol–water partition coefficient (Wildman–Crippen LogP) is 3.47. The summed E-state index contributed by atoms with van der Waals surface area (Å²) in [7, 11) is 1.34. The van der Waals surface area contributed by atoms with Crippen molar-refractivity contribution in [2.45, 2.75) is 84.1 Å². The second kappa shape index (κ2) is 13.1. The minimum atomic E-state index is -2.24. The van der Waals surface area contributed by atoms with Gasteiger partial charge in [0.2, 0.25) is 12.1 Å². The maximum atomic E-state index is 15.7. The third-order valence-electron chi connectivity index (χ3n) is 7.20. The molecule has 0 radical (unpaired) electrons. The van der Waals surface area contributed by atoms with Gasteiger partial charge in [-0.25, -0.2) is 4.39 Å². The Balaban J connectivity index is 1.82. The molecule has 9 nitrogen and oxygen atoms in total. The first-order valence-corrected chi connectivity index (χ1v) is 13.8. The molecule has 3 rings (SSSR count). The van der Waals surface area contributed by atoms with E-state index >= 15 is 4.39 Å². The Morgan fingerprint density at radius 1 is 1.15 bits per heavy atom. The summed E-state index contributed by atoms with van der Waals surface area (Å²) in [6.45, 7) is 11.5. The van der Waals surface area contributed by atoms with Crippen LogP contribution in [0.2, 0.25) is 0 Å². The average molecular weight is 572 g/mol. The first kappa shape index (κ1) is 32.2. The number of benzene rings is 2. The van der Waals surface area contributed by atoms with Gasteiger partial charge in [0.15, 0.2) is 0 Å². The van der Waals surface area contributed by atoms with Gasteiger partial charge in [0, 0.05) is 56.2 Å². The number of amides is 2. The standard InChI is InChI=1S/C31H42FN3O6/c1-22-10-7-13-26(25(22)17-35(21-37)31(39,14-9-15-36)28(38)33-6)40-18-24-12-8-11-23(27(24)32)16-34-19-29(2,3)41-30(4,5)20-34/h7-8,10-13,15,21,39H,9,14,16-20H2,1-6H3,(H,33,38). The van der Waals surface area contributed by atoms with Crippen molar-refractivity contribution in [1.29, 1.82) is 0 Å². The number of rotatable bonds is 13. The molecule has 1 aliphatic heterocycles. The van der Waals surface area contributed by atoms with Crippen molar-refractivity contribution in [1.82, 2.24) is 15.1 Å². The molecule has 0 aromatic heterocycles. The van der Waals surface area contributed by atoms with Gasteiger partial charge in [0.1, 0.15) is 24.5 Å². The summed E-state index contributed by atoms with van der Waals surface area (Å²) >= 11 is 0. The average Bonchev–Trinajstić information content (AvgIpc) is 2.89. The lowest BCUT2D eigenvalue weighted by Crippen LogP contribution is -2.57. The number of aldehydes is 1. The Labute approximate surface area is 241 Å². The monoisotopic (exact) mass is 571 g/mol. The van der Waals surface area contributed by atoms with Crippen molar-refractivity contribution in [3.63, 3.8) is 0 Å². The van der Waals surface area contributed by atoms with Gasteiger partial charge < -0.3 is 29.6 Å². The lowest BCUT2D eigenvalue weighted by molar-refractivity contribution is -0.182. The minimum absolute atomic E-state index is 0.0673. The topological polar surface area (TPSA) is 108 Å². The quantitative estimate of drug-likeness (QED) is 0.280. The fourth-order valence-electron chi connectivity index (χ4n) is 5.61. The highest BCUT2D eigenvalue weighted by Gasteiger charge is 2.41. The van der Waals surface area contributed by atoms with E-state index in [9.17, 15) is 19.5 Å². The van der Waals surface area contributed by atoms with E-state index in [0.717, 1.165) is 10.5 Å². The summed E-state index contributed by atoms with van der Waals surface area (Å²) < 4.78 is 27.9. The summed E-state index contributed by atoms with van der Waals surface area (Å²) in [5, 5.41) is 13.5.